The number of fused-ring (bicyclic) bond motifs is 2. The Hall–Kier alpha value is -1.30. The van der Waals surface area contributed by atoms with Crippen molar-refractivity contribution in [3.8, 4) is 11.5 Å². The van der Waals surface area contributed by atoms with Crippen LogP contribution in [0.5, 0.6) is 11.5 Å². The van der Waals surface area contributed by atoms with Gasteiger partial charge in [0.1, 0.15) is 0 Å². The Kier molecular flexibility index (Phi) is 3.06. The number of piperidine rings is 2. The van der Waals surface area contributed by atoms with Crippen molar-refractivity contribution in [2.45, 2.75) is 37.5 Å². The molecular weight excluding hydrogens is 254 g/mol. The minimum Gasteiger partial charge on any atom is -0.454 e. The molecule has 108 valence electrons. The Labute approximate surface area is 118 Å². The van der Waals surface area contributed by atoms with Crippen molar-refractivity contribution in [2.24, 2.45) is 11.7 Å². The average Bonchev–Trinajstić information content (AvgIpc) is 2.94. The third kappa shape index (κ3) is 2.06. The van der Waals surface area contributed by atoms with Gasteiger partial charge in [0, 0.05) is 18.0 Å². The van der Waals surface area contributed by atoms with Gasteiger partial charge in [-0.1, -0.05) is 6.07 Å². The SMILES string of the molecule is NC1CC(c2ccc3c(c2)OCO3)NC2NCCCC12. The minimum absolute atomic E-state index is 0.254. The zero-order valence-corrected chi connectivity index (χ0v) is 11.5. The highest BCUT2D eigenvalue weighted by Crippen LogP contribution is 2.37. The van der Waals surface area contributed by atoms with E-state index in [1.54, 1.807) is 0 Å². The molecule has 4 unspecified atom stereocenters. The first-order valence-electron chi connectivity index (χ1n) is 7.46. The molecule has 4 rings (SSSR count). The number of hydrogen-bond acceptors (Lipinski definition) is 5. The van der Waals surface area contributed by atoms with Crippen molar-refractivity contribution in [1.82, 2.24) is 10.6 Å². The number of ether oxygens (including phenoxy) is 2. The fraction of sp³-hybridized carbons (Fsp3) is 0.600. The van der Waals surface area contributed by atoms with Crippen LogP contribution in [0.1, 0.15) is 30.9 Å². The fourth-order valence-electron chi connectivity index (χ4n) is 3.65. The normalized spacial score (nSPS) is 35.6. The van der Waals surface area contributed by atoms with Gasteiger partial charge in [-0.25, -0.2) is 0 Å². The van der Waals surface area contributed by atoms with Crippen LogP contribution in [0.3, 0.4) is 0 Å². The molecular formula is C15H21N3O2. The summed E-state index contributed by atoms with van der Waals surface area (Å²) in [6, 6.07) is 6.72. The second kappa shape index (κ2) is 4.91. The summed E-state index contributed by atoms with van der Waals surface area (Å²) in [4.78, 5) is 0. The van der Waals surface area contributed by atoms with Gasteiger partial charge in [-0.05, 0) is 43.5 Å². The minimum atomic E-state index is 0.254. The molecule has 2 fully saturated rings. The molecule has 3 aliphatic rings. The van der Waals surface area contributed by atoms with Crippen molar-refractivity contribution < 1.29 is 9.47 Å². The quantitative estimate of drug-likeness (QED) is 0.716. The molecule has 3 heterocycles. The standard InChI is InChI=1S/C15H21N3O2/c16-11-7-12(18-15-10(11)2-1-5-17-15)9-3-4-13-14(6-9)20-8-19-13/h3-4,6,10-12,15,17-18H,1-2,5,7-8,16H2. The summed E-state index contributed by atoms with van der Waals surface area (Å²) in [6.07, 6.45) is 3.76. The highest BCUT2D eigenvalue weighted by Gasteiger charge is 2.37. The lowest BCUT2D eigenvalue weighted by Gasteiger charge is -2.44. The van der Waals surface area contributed by atoms with Crippen LogP contribution in [0.25, 0.3) is 0 Å². The Morgan fingerprint density at radius 2 is 2.10 bits per heavy atom. The van der Waals surface area contributed by atoms with Gasteiger partial charge >= 0.3 is 0 Å². The van der Waals surface area contributed by atoms with Crippen molar-refractivity contribution in [2.75, 3.05) is 13.3 Å². The topological polar surface area (TPSA) is 68.5 Å². The molecule has 2 saturated heterocycles. The molecule has 4 N–H and O–H groups in total. The molecule has 3 aliphatic heterocycles. The van der Waals surface area contributed by atoms with E-state index in [0.717, 1.165) is 24.5 Å². The van der Waals surface area contributed by atoms with E-state index in [1.165, 1.54) is 18.4 Å². The zero-order chi connectivity index (χ0) is 13.5. The molecule has 5 heteroatoms. The van der Waals surface area contributed by atoms with E-state index in [9.17, 15) is 0 Å². The van der Waals surface area contributed by atoms with E-state index in [0.29, 0.717) is 18.9 Å². The number of rotatable bonds is 1. The summed E-state index contributed by atoms with van der Waals surface area (Å²) in [5, 5.41) is 7.26. The molecule has 0 saturated carbocycles. The van der Waals surface area contributed by atoms with Crippen LogP contribution in [0.15, 0.2) is 18.2 Å². The molecule has 1 aromatic rings. The molecule has 0 spiro atoms. The summed E-state index contributed by atoms with van der Waals surface area (Å²) in [5.41, 5.74) is 7.63. The van der Waals surface area contributed by atoms with E-state index in [1.807, 2.05) is 6.07 Å². The second-order valence-corrected chi connectivity index (χ2v) is 5.97. The smallest absolute Gasteiger partial charge is 0.231 e. The van der Waals surface area contributed by atoms with E-state index >= 15 is 0 Å². The van der Waals surface area contributed by atoms with Crippen LogP contribution in [-0.4, -0.2) is 25.5 Å². The van der Waals surface area contributed by atoms with E-state index in [2.05, 4.69) is 22.8 Å². The molecule has 20 heavy (non-hydrogen) atoms. The summed E-state index contributed by atoms with van der Waals surface area (Å²) >= 11 is 0. The maximum atomic E-state index is 6.39. The number of nitrogens with one attached hydrogen (secondary N) is 2. The molecule has 0 radical (unpaired) electrons. The first kappa shape index (κ1) is 12.4. The molecule has 4 atom stereocenters. The van der Waals surface area contributed by atoms with Gasteiger partial charge in [-0.3, -0.25) is 5.32 Å². The first-order chi connectivity index (χ1) is 9.81. The maximum Gasteiger partial charge on any atom is 0.231 e. The summed E-state index contributed by atoms with van der Waals surface area (Å²) < 4.78 is 10.8. The number of hydrogen-bond donors (Lipinski definition) is 3. The third-order valence-electron chi connectivity index (χ3n) is 4.74. The van der Waals surface area contributed by atoms with E-state index in [-0.39, 0.29) is 12.1 Å². The highest BCUT2D eigenvalue weighted by atomic mass is 16.7. The van der Waals surface area contributed by atoms with Gasteiger partial charge in [0.25, 0.3) is 0 Å². The average molecular weight is 275 g/mol. The van der Waals surface area contributed by atoms with Crippen LogP contribution in [0.2, 0.25) is 0 Å². The molecule has 0 bridgehead atoms. The maximum absolute atomic E-state index is 6.39. The lowest BCUT2D eigenvalue weighted by atomic mass is 9.80. The summed E-state index contributed by atoms with van der Waals surface area (Å²) in [6.45, 7) is 1.40. The van der Waals surface area contributed by atoms with Crippen LogP contribution in [0, 0.1) is 5.92 Å². The second-order valence-electron chi connectivity index (χ2n) is 5.97. The van der Waals surface area contributed by atoms with Crippen LogP contribution < -0.4 is 25.8 Å². The van der Waals surface area contributed by atoms with Gasteiger partial charge in [0.2, 0.25) is 6.79 Å². The van der Waals surface area contributed by atoms with Gasteiger partial charge in [-0.15, -0.1) is 0 Å². The van der Waals surface area contributed by atoms with Crippen LogP contribution >= 0.6 is 0 Å². The van der Waals surface area contributed by atoms with E-state index in [4.69, 9.17) is 15.2 Å². The fourth-order valence-corrected chi connectivity index (χ4v) is 3.65. The molecule has 0 amide bonds. The van der Waals surface area contributed by atoms with Crippen molar-refractivity contribution in [3.05, 3.63) is 23.8 Å². The van der Waals surface area contributed by atoms with Gasteiger partial charge < -0.3 is 20.5 Å². The Balaban J connectivity index is 1.56. The Morgan fingerprint density at radius 3 is 3.05 bits per heavy atom. The third-order valence-corrected chi connectivity index (χ3v) is 4.74. The number of benzene rings is 1. The molecule has 5 nitrogen and oxygen atoms in total. The predicted molar refractivity (Wildman–Crippen MR) is 75.5 cm³/mol. The zero-order valence-electron chi connectivity index (χ0n) is 11.5. The first-order valence-corrected chi connectivity index (χ1v) is 7.46. The van der Waals surface area contributed by atoms with Crippen molar-refractivity contribution in [1.29, 1.82) is 0 Å². The van der Waals surface area contributed by atoms with E-state index < -0.39 is 0 Å². The van der Waals surface area contributed by atoms with Gasteiger partial charge in [-0.2, -0.15) is 0 Å². The van der Waals surface area contributed by atoms with Crippen molar-refractivity contribution in [3.63, 3.8) is 0 Å². The Bertz CT molecular complexity index is 508. The monoisotopic (exact) mass is 275 g/mol. The van der Waals surface area contributed by atoms with Crippen LogP contribution in [0.4, 0.5) is 0 Å². The lowest BCUT2D eigenvalue weighted by Crippen LogP contribution is -2.61. The van der Waals surface area contributed by atoms with Gasteiger partial charge in [0.05, 0.1) is 6.17 Å². The summed E-state index contributed by atoms with van der Waals surface area (Å²) in [7, 11) is 0. The largest absolute Gasteiger partial charge is 0.454 e. The Morgan fingerprint density at radius 1 is 1.20 bits per heavy atom. The van der Waals surface area contributed by atoms with Gasteiger partial charge in [0.15, 0.2) is 11.5 Å². The summed E-state index contributed by atoms with van der Waals surface area (Å²) in [5.74, 6) is 2.23. The lowest BCUT2D eigenvalue weighted by molar-refractivity contribution is 0.136. The molecule has 0 aliphatic carbocycles. The molecule has 0 aromatic heterocycles. The predicted octanol–water partition coefficient (Wildman–Crippen LogP) is 1.10. The van der Waals surface area contributed by atoms with Crippen LogP contribution in [-0.2, 0) is 0 Å². The van der Waals surface area contributed by atoms with Crippen molar-refractivity contribution >= 4 is 0 Å². The molecule has 1 aromatic carbocycles. The highest BCUT2D eigenvalue weighted by molar-refractivity contribution is 5.45. The number of nitrogens with two attached hydrogens (primary N) is 1.